The number of amides is 1. The van der Waals surface area contributed by atoms with Gasteiger partial charge in [-0.15, -0.1) is 0 Å². The van der Waals surface area contributed by atoms with Gasteiger partial charge in [-0.25, -0.2) is 4.79 Å². The Morgan fingerprint density at radius 3 is 2.42 bits per heavy atom. The molecule has 0 aromatic heterocycles. The Morgan fingerprint density at radius 2 is 1.88 bits per heavy atom. The van der Waals surface area contributed by atoms with E-state index in [9.17, 15) is 4.79 Å². The van der Waals surface area contributed by atoms with Gasteiger partial charge in [-0.05, 0) is 51.7 Å². The molecule has 0 radical (unpaired) electrons. The number of likely N-dealkylation sites (tertiary alicyclic amines) is 1. The van der Waals surface area contributed by atoms with Crippen molar-refractivity contribution in [3.8, 4) is 0 Å². The molecule has 3 rings (SSSR count). The lowest BCUT2D eigenvalue weighted by molar-refractivity contribution is 0.0270. The minimum Gasteiger partial charge on any atom is -0.444 e. The zero-order valence-electron chi connectivity index (χ0n) is 15.5. The average molecular weight is 399 g/mol. The van der Waals surface area contributed by atoms with Crippen LogP contribution in [0.3, 0.4) is 0 Å². The summed E-state index contributed by atoms with van der Waals surface area (Å²) in [6, 6.07) is 5.50. The van der Waals surface area contributed by atoms with Crippen molar-refractivity contribution in [3.63, 3.8) is 0 Å². The number of rotatable bonds is 4. The molecule has 1 aliphatic carbocycles. The molecule has 1 aromatic carbocycles. The van der Waals surface area contributed by atoms with Crippen LogP contribution in [0.15, 0.2) is 23.4 Å². The van der Waals surface area contributed by atoms with E-state index in [4.69, 9.17) is 32.8 Å². The van der Waals surface area contributed by atoms with Crippen LogP contribution in [0.4, 0.5) is 4.79 Å². The maximum absolute atomic E-state index is 12.2. The molecule has 2 fully saturated rings. The molecule has 1 amide bonds. The summed E-state index contributed by atoms with van der Waals surface area (Å²) in [6.07, 6.45) is -0.249. The Hall–Kier alpha value is -1.46. The number of hydrogen-bond donors (Lipinski definition) is 0. The molecule has 1 saturated heterocycles. The summed E-state index contributed by atoms with van der Waals surface area (Å²) in [5, 5.41) is 5.34. The van der Waals surface area contributed by atoms with Crippen LogP contribution in [0.5, 0.6) is 0 Å². The van der Waals surface area contributed by atoms with Gasteiger partial charge >= 0.3 is 6.09 Å². The largest absolute Gasteiger partial charge is 0.444 e. The van der Waals surface area contributed by atoms with E-state index in [0.717, 1.165) is 11.3 Å². The third kappa shape index (κ3) is 4.09. The number of ether oxygens (including phenoxy) is 1. The standard InChI is InChI=1S/C19H24Cl2N2O3/c1-5-25-22-17(11-6-7-14(20)15(21)8-11)16-12-9-23(10-13(12)16)18(24)26-19(2,3)4/h6-8,12-13,16H,5,9-10H2,1-4H3/b22-17+. The number of piperidine rings is 1. The molecule has 142 valence electrons. The second-order valence-corrected chi connectivity index (χ2v) is 8.58. The number of oxime groups is 1. The van der Waals surface area contributed by atoms with Crippen molar-refractivity contribution < 1.29 is 14.4 Å². The van der Waals surface area contributed by atoms with E-state index in [1.165, 1.54) is 0 Å². The van der Waals surface area contributed by atoms with Gasteiger partial charge in [0.1, 0.15) is 12.2 Å². The second kappa shape index (κ2) is 7.28. The van der Waals surface area contributed by atoms with E-state index >= 15 is 0 Å². The predicted octanol–water partition coefficient (Wildman–Crippen LogP) is 4.85. The Bertz CT molecular complexity index is 718. The third-order valence-electron chi connectivity index (χ3n) is 4.67. The van der Waals surface area contributed by atoms with Crippen molar-refractivity contribution in [1.29, 1.82) is 0 Å². The number of carbonyl (C=O) groups is 1. The molecule has 1 aromatic rings. The van der Waals surface area contributed by atoms with Gasteiger partial charge in [-0.2, -0.15) is 0 Å². The van der Waals surface area contributed by atoms with Crippen molar-refractivity contribution in [3.05, 3.63) is 33.8 Å². The Kier molecular flexibility index (Phi) is 5.40. The highest BCUT2D eigenvalue weighted by atomic mass is 35.5. The van der Waals surface area contributed by atoms with Crippen LogP contribution in [0.25, 0.3) is 0 Å². The third-order valence-corrected chi connectivity index (χ3v) is 5.41. The summed E-state index contributed by atoms with van der Waals surface area (Å²) in [5.41, 5.74) is 1.31. The second-order valence-electron chi connectivity index (χ2n) is 7.76. The molecule has 1 saturated carbocycles. The van der Waals surface area contributed by atoms with Gasteiger partial charge in [-0.1, -0.05) is 34.4 Å². The quantitative estimate of drug-likeness (QED) is 0.537. The summed E-state index contributed by atoms with van der Waals surface area (Å²) in [4.78, 5) is 19.4. The first-order valence-corrected chi connectivity index (χ1v) is 9.60. The van der Waals surface area contributed by atoms with Crippen LogP contribution < -0.4 is 0 Å². The molecule has 2 aliphatic rings. The summed E-state index contributed by atoms with van der Waals surface area (Å²) in [5.74, 6) is 1.00. The number of benzene rings is 1. The zero-order chi connectivity index (χ0) is 19.1. The molecule has 26 heavy (non-hydrogen) atoms. The Labute approximate surface area is 164 Å². The van der Waals surface area contributed by atoms with E-state index in [-0.39, 0.29) is 12.0 Å². The number of nitrogens with zero attached hydrogens (tertiary/aromatic N) is 2. The molecule has 2 atom stereocenters. The van der Waals surface area contributed by atoms with Crippen LogP contribution in [0, 0.1) is 17.8 Å². The molecule has 5 nitrogen and oxygen atoms in total. The first-order chi connectivity index (χ1) is 12.2. The topological polar surface area (TPSA) is 51.1 Å². The molecule has 0 N–H and O–H groups in total. The van der Waals surface area contributed by atoms with E-state index in [1.807, 2.05) is 39.8 Å². The predicted molar refractivity (Wildman–Crippen MR) is 103 cm³/mol. The molecule has 0 bridgehead atoms. The smallest absolute Gasteiger partial charge is 0.410 e. The van der Waals surface area contributed by atoms with Gasteiger partial charge in [0, 0.05) is 24.6 Å². The first-order valence-electron chi connectivity index (χ1n) is 8.84. The van der Waals surface area contributed by atoms with E-state index in [1.54, 1.807) is 11.0 Å². The van der Waals surface area contributed by atoms with E-state index < -0.39 is 5.60 Å². The molecule has 0 spiro atoms. The molecular weight excluding hydrogens is 375 g/mol. The summed E-state index contributed by atoms with van der Waals surface area (Å²) in [7, 11) is 0. The average Bonchev–Trinajstić information content (AvgIpc) is 3.01. The summed E-state index contributed by atoms with van der Waals surface area (Å²) in [6.45, 7) is 9.38. The highest BCUT2D eigenvalue weighted by Crippen LogP contribution is 2.53. The fraction of sp³-hybridized carbons (Fsp3) is 0.579. The number of hydrogen-bond acceptors (Lipinski definition) is 4. The van der Waals surface area contributed by atoms with Crippen LogP contribution in [-0.2, 0) is 9.57 Å². The SMILES string of the molecule is CCO/N=C(\c1ccc(Cl)c(Cl)c1)C1C2CN(C(=O)OC(C)(C)C)CC21. The summed E-state index contributed by atoms with van der Waals surface area (Å²) >= 11 is 12.2. The molecule has 1 heterocycles. The number of fused-ring (bicyclic) bond motifs is 1. The maximum Gasteiger partial charge on any atom is 0.410 e. The zero-order valence-corrected chi connectivity index (χ0v) is 17.0. The minimum absolute atomic E-state index is 0.249. The van der Waals surface area contributed by atoms with Gasteiger partial charge in [0.25, 0.3) is 0 Å². The number of halogens is 2. The Morgan fingerprint density at radius 1 is 1.23 bits per heavy atom. The number of carbonyl (C=O) groups excluding carboxylic acids is 1. The molecule has 2 unspecified atom stereocenters. The van der Waals surface area contributed by atoms with Gasteiger partial charge < -0.3 is 14.5 Å². The van der Waals surface area contributed by atoms with E-state index in [0.29, 0.717) is 41.6 Å². The van der Waals surface area contributed by atoms with Crippen LogP contribution in [0.1, 0.15) is 33.3 Å². The summed E-state index contributed by atoms with van der Waals surface area (Å²) < 4.78 is 5.46. The van der Waals surface area contributed by atoms with Crippen LogP contribution >= 0.6 is 23.2 Å². The van der Waals surface area contributed by atoms with Crippen molar-refractivity contribution in [2.24, 2.45) is 22.9 Å². The minimum atomic E-state index is -0.481. The molecule has 1 aliphatic heterocycles. The lowest BCUT2D eigenvalue weighted by Gasteiger charge is -2.26. The normalized spacial score (nSPS) is 25.1. The monoisotopic (exact) mass is 398 g/mol. The maximum atomic E-state index is 12.2. The fourth-order valence-electron chi connectivity index (χ4n) is 3.50. The lowest BCUT2D eigenvalue weighted by atomic mass is 10.0. The highest BCUT2D eigenvalue weighted by molar-refractivity contribution is 6.42. The van der Waals surface area contributed by atoms with Gasteiger partial charge in [-0.3, -0.25) is 0 Å². The van der Waals surface area contributed by atoms with Crippen molar-refractivity contribution >= 4 is 35.0 Å². The van der Waals surface area contributed by atoms with Gasteiger partial charge in [0.15, 0.2) is 0 Å². The van der Waals surface area contributed by atoms with Crippen molar-refractivity contribution in [1.82, 2.24) is 4.90 Å². The molecular formula is C19H24Cl2N2O3. The first kappa shape index (κ1) is 19.3. The molecule has 7 heteroatoms. The van der Waals surface area contributed by atoms with Crippen LogP contribution in [-0.4, -0.2) is 42.0 Å². The van der Waals surface area contributed by atoms with Gasteiger partial charge in [0.05, 0.1) is 15.8 Å². The van der Waals surface area contributed by atoms with Gasteiger partial charge in [0.2, 0.25) is 0 Å². The Balaban J connectivity index is 1.71. The van der Waals surface area contributed by atoms with Crippen LogP contribution in [0.2, 0.25) is 10.0 Å². The van der Waals surface area contributed by atoms with E-state index in [2.05, 4.69) is 5.16 Å². The fourth-order valence-corrected chi connectivity index (χ4v) is 3.80. The van der Waals surface area contributed by atoms with Crippen molar-refractivity contribution in [2.75, 3.05) is 19.7 Å². The lowest BCUT2D eigenvalue weighted by Crippen LogP contribution is -2.37. The highest BCUT2D eigenvalue weighted by Gasteiger charge is 2.59. The van der Waals surface area contributed by atoms with Crippen molar-refractivity contribution in [2.45, 2.75) is 33.3 Å².